The van der Waals surface area contributed by atoms with Crippen molar-refractivity contribution >= 4 is 27.5 Å². The fraction of sp³-hybridized carbons (Fsp3) is 0.500. The highest BCUT2D eigenvalue weighted by Crippen LogP contribution is 2.35. The molecule has 1 unspecified atom stereocenters. The van der Waals surface area contributed by atoms with Crippen LogP contribution in [0.15, 0.2) is 42.5 Å². The Hall–Kier alpha value is -3.34. The van der Waals surface area contributed by atoms with Crippen molar-refractivity contribution in [3.05, 3.63) is 53.8 Å². The molecule has 11 heteroatoms. The van der Waals surface area contributed by atoms with Crippen LogP contribution in [0.25, 0.3) is 0 Å². The molecule has 0 spiro atoms. The third-order valence-corrected chi connectivity index (χ3v) is 8.95. The molecule has 1 fully saturated rings. The monoisotopic (exact) mass is 561 g/mol. The molecule has 2 amide bonds. The van der Waals surface area contributed by atoms with Gasteiger partial charge in [-0.3, -0.25) is 13.9 Å². The van der Waals surface area contributed by atoms with Crippen molar-refractivity contribution < 1.29 is 31.9 Å². The molecule has 0 saturated heterocycles. The van der Waals surface area contributed by atoms with Gasteiger partial charge in [0.1, 0.15) is 31.6 Å². The molecule has 2 aromatic rings. The smallest absolute Gasteiger partial charge is 0.244 e. The number of fused-ring (bicyclic) bond motifs is 1. The fourth-order valence-electron chi connectivity index (χ4n) is 4.87. The first-order chi connectivity index (χ1) is 18.7. The first-order valence-electron chi connectivity index (χ1n) is 13.4. The van der Waals surface area contributed by atoms with Gasteiger partial charge in [0.05, 0.1) is 11.4 Å². The van der Waals surface area contributed by atoms with E-state index in [-0.39, 0.29) is 35.5 Å². The summed E-state index contributed by atoms with van der Waals surface area (Å²) in [6, 6.07) is 9.77. The van der Waals surface area contributed by atoms with Gasteiger partial charge >= 0.3 is 0 Å². The molecular formula is C28H36FN3O6S. The van der Waals surface area contributed by atoms with Gasteiger partial charge in [-0.15, -0.1) is 0 Å². The lowest BCUT2D eigenvalue weighted by Gasteiger charge is -2.33. The molecule has 39 heavy (non-hydrogen) atoms. The zero-order chi connectivity index (χ0) is 28.0. The van der Waals surface area contributed by atoms with Crippen LogP contribution < -0.4 is 19.1 Å². The number of nitrogens with zero attached hydrogens (tertiary/aromatic N) is 2. The van der Waals surface area contributed by atoms with Gasteiger partial charge in [0.15, 0.2) is 11.5 Å². The third-order valence-electron chi connectivity index (χ3n) is 7.21. The molecule has 9 nitrogen and oxygen atoms in total. The van der Waals surface area contributed by atoms with Crippen LogP contribution in [-0.2, 0) is 26.2 Å². The van der Waals surface area contributed by atoms with Crippen molar-refractivity contribution in [3.8, 4) is 11.5 Å². The highest BCUT2D eigenvalue weighted by molar-refractivity contribution is 7.92. The minimum absolute atomic E-state index is 0.0220. The number of carbonyl (C=O) groups is 2. The fourth-order valence-corrected chi connectivity index (χ4v) is 5.92. The SMILES string of the molecule is CCS(=O)(=O)N(CC(=O)N(Cc1ccccc1F)C(C)C(=O)NC1CCCCC1)c1ccc2c(c1)OCCO2. The molecule has 2 aromatic carbocycles. The lowest BCUT2D eigenvalue weighted by molar-refractivity contribution is -0.139. The lowest BCUT2D eigenvalue weighted by Crippen LogP contribution is -2.53. The minimum Gasteiger partial charge on any atom is -0.486 e. The van der Waals surface area contributed by atoms with Crippen LogP contribution in [0.5, 0.6) is 11.5 Å². The molecule has 1 atom stereocenters. The molecule has 1 aliphatic carbocycles. The number of carbonyl (C=O) groups excluding carboxylic acids is 2. The van der Waals surface area contributed by atoms with E-state index in [1.165, 1.54) is 24.0 Å². The van der Waals surface area contributed by atoms with Crippen molar-refractivity contribution in [1.29, 1.82) is 0 Å². The minimum atomic E-state index is -3.90. The Morgan fingerprint density at radius 1 is 1.05 bits per heavy atom. The Kier molecular flexibility index (Phi) is 9.32. The van der Waals surface area contributed by atoms with Crippen LogP contribution >= 0.6 is 0 Å². The van der Waals surface area contributed by atoms with Gasteiger partial charge in [-0.25, -0.2) is 12.8 Å². The summed E-state index contributed by atoms with van der Waals surface area (Å²) in [7, 11) is -3.90. The topological polar surface area (TPSA) is 105 Å². The van der Waals surface area contributed by atoms with Crippen LogP contribution in [0.1, 0.15) is 51.5 Å². The van der Waals surface area contributed by atoms with Gasteiger partial charge in [0, 0.05) is 24.2 Å². The van der Waals surface area contributed by atoms with E-state index in [9.17, 15) is 22.4 Å². The standard InChI is InChI=1S/C28H36FN3O6S/c1-3-39(35,36)32(23-13-14-25-26(17-23)38-16-15-37-25)19-27(33)31(18-21-9-7-8-12-24(21)29)20(2)28(34)30-22-10-5-4-6-11-22/h7-9,12-14,17,20,22H,3-6,10-11,15-16,18-19H2,1-2H3,(H,30,34). The molecule has 1 saturated carbocycles. The van der Waals surface area contributed by atoms with E-state index in [0.717, 1.165) is 36.4 Å². The molecular weight excluding hydrogens is 525 g/mol. The summed E-state index contributed by atoms with van der Waals surface area (Å²) < 4.78 is 53.1. The van der Waals surface area contributed by atoms with Gasteiger partial charge in [-0.2, -0.15) is 0 Å². The summed E-state index contributed by atoms with van der Waals surface area (Å²) in [6.45, 7) is 3.02. The lowest BCUT2D eigenvalue weighted by atomic mass is 9.95. The van der Waals surface area contributed by atoms with Crippen LogP contribution in [0, 0.1) is 5.82 Å². The second-order valence-corrected chi connectivity index (χ2v) is 12.0. The molecule has 212 valence electrons. The van der Waals surface area contributed by atoms with Crippen molar-refractivity contribution in [1.82, 2.24) is 10.2 Å². The Bertz CT molecular complexity index is 1280. The maximum absolute atomic E-state index is 14.6. The summed E-state index contributed by atoms with van der Waals surface area (Å²) in [5, 5.41) is 3.03. The summed E-state index contributed by atoms with van der Waals surface area (Å²) >= 11 is 0. The number of hydrogen-bond donors (Lipinski definition) is 1. The summed E-state index contributed by atoms with van der Waals surface area (Å²) in [4.78, 5) is 28.3. The second kappa shape index (κ2) is 12.7. The number of amides is 2. The zero-order valence-corrected chi connectivity index (χ0v) is 23.2. The Labute approximate surface area is 229 Å². The molecule has 4 rings (SSSR count). The van der Waals surface area contributed by atoms with Gasteiger partial charge < -0.3 is 19.7 Å². The van der Waals surface area contributed by atoms with Crippen molar-refractivity contribution in [2.75, 3.05) is 29.8 Å². The van der Waals surface area contributed by atoms with Crippen LogP contribution in [-0.4, -0.2) is 62.7 Å². The first-order valence-corrected chi connectivity index (χ1v) is 15.0. The molecule has 1 N–H and O–H groups in total. The molecule has 0 bridgehead atoms. The largest absolute Gasteiger partial charge is 0.486 e. The van der Waals surface area contributed by atoms with E-state index >= 15 is 0 Å². The van der Waals surface area contributed by atoms with E-state index in [0.29, 0.717) is 24.7 Å². The van der Waals surface area contributed by atoms with Gasteiger partial charge in [-0.1, -0.05) is 37.5 Å². The molecule has 1 heterocycles. The van der Waals surface area contributed by atoms with Crippen LogP contribution in [0.3, 0.4) is 0 Å². The average molecular weight is 562 g/mol. The van der Waals surface area contributed by atoms with Gasteiger partial charge in [0.2, 0.25) is 21.8 Å². The molecule has 1 aliphatic heterocycles. The van der Waals surface area contributed by atoms with Crippen molar-refractivity contribution in [2.24, 2.45) is 0 Å². The van der Waals surface area contributed by atoms with E-state index in [2.05, 4.69) is 5.32 Å². The number of halogens is 1. The average Bonchev–Trinajstić information content (AvgIpc) is 2.95. The van der Waals surface area contributed by atoms with Crippen LogP contribution in [0.4, 0.5) is 10.1 Å². The number of ether oxygens (including phenoxy) is 2. The Morgan fingerprint density at radius 3 is 2.44 bits per heavy atom. The highest BCUT2D eigenvalue weighted by atomic mass is 32.2. The maximum Gasteiger partial charge on any atom is 0.244 e. The van der Waals surface area contributed by atoms with Gasteiger partial charge in [0.25, 0.3) is 0 Å². The van der Waals surface area contributed by atoms with Crippen LogP contribution in [0.2, 0.25) is 0 Å². The Balaban J connectivity index is 1.62. The quantitative estimate of drug-likeness (QED) is 0.475. The molecule has 2 aliphatic rings. The van der Waals surface area contributed by atoms with E-state index in [1.807, 2.05) is 0 Å². The number of anilines is 1. The predicted molar refractivity (Wildman–Crippen MR) is 146 cm³/mol. The van der Waals surface area contributed by atoms with Crippen molar-refractivity contribution in [3.63, 3.8) is 0 Å². The van der Waals surface area contributed by atoms with Gasteiger partial charge in [-0.05, 0) is 44.9 Å². The van der Waals surface area contributed by atoms with E-state index < -0.39 is 34.3 Å². The number of hydrogen-bond acceptors (Lipinski definition) is 6. The second-order valence-electron chi connectivity index (χ2n) is 9.87. The molecule has 0 radical (unpaired) electrons. The number of benzene rings is 2. The predicted octanol–water partition coefficient (Wildman–Crippen LogP) is 3.62. The normalized spacial score (nSPS) is 16.3. The van der Waals surface area contributed by atoms with E-state index in [4.69, 9.17) is 9.47 Å². The zero-order valence-electron chi connectivity index (χ0n) is 22.4. The highest BCUT2D eigenvalue weighted by Gasteiger charge is 2.32. The first kappa shape index (κ1) is 28.7. The summed E-state index contributed by atoms with van der Waals surface area (Å²) in [6.07, 6.45) is 4.91. The number of sulfonamides is 1. The molecule has 0 aromatic heterocycles. The number of rotatable bonds is 10. The summed E-state index contributed by atoms with van der Waals surface area (Å²) in [5.74, 6) is -0.877. The number of nitrogens with one attached hydrogen (secondary N) is 1. The van der Waals surface area contributed by atoms with E-state index in [1.54, 1.807) is 37.3 Å². The third kappa shape index (κ3) is 7.00. The maximum atomic E-state index is 14.6. The summed E-state index contributed by atoms with van der Waals surface area (Å²) in [5.41, 5.74) is 0.465. The van der Waals surface area contributed by atoms with Crippen molar-refractivity contribution in [2.45, 2.75) is 64.6 Å². The Morgan fingerprint density at radius 2 is 1.74 bits per heavy atom.